The number of fused-ring (bicyclic) bond motifs is 1. The second-order valence-corrected chi connectivity index (χ2v) is 6.34. The number of hydrogen-bond donors (Lipinski definition) is 2. The molecule has 19 heavy (non-hydrogen) atoms. The van der Waals surface area contributed by atoms with E-state index >= 15 is 0 Å². The van der Waals surface area contributed by atoms with Crippen molar-refractivity contribution in [3.05, 3.63) is 43.0 Å². The van der Waals surface area contributed by atoms with Crippen LogP contribution in [0.4, 0.5) is 5.95 Å². The van der Waals surface area contributed by atoms with Crippen molar-refractivity contribution >= 4 is 28.9 Å². The summed E-state index contributed by atoms with van der Waals surface area (Å²) in [6, 6.07) is 3.92. The van der Waals surface area contributed by atoms with Gasteiger partial charge in [-0.25, -0.2) is 4.98 Å². The largest absolute Gasteiger partial charge is 0.369 e. The molecule has 100 valence electrons. The maximum Gasteiger partial charge on any atom is 0.257 e. The predicted octanol–water partition coefficient (Wildman–Crippen LogP) is 1.63. The molecule has 0 atom stereocenters. The van der Waals surface area contributed by atoms with E-state index in [2.05, 4.69) is 14.9 Å². The number of H-pyrrole nitrogens is 1. The van der Waals surface area contributed by atoms with Gasteiger partial charge < -0.3 is 5.73 Å². The summed E-state index contributed by atoms with van der Waals surface area (Å²) in [6.45, 7) is 2.28. The third-order valence-corrected chi connectivity index (χ3v) is 4.39. The van der Waals surface area contributed by atoms with Crippen LogP contribution in [0.3, 0.4) is 0 Å². The first-order valence-corrected chi connectivity index (χ1v) is 7.15. The molecule has 0 saturated carbocycles. The highest BCUT2D eigenvalue weighted by molar-refractivity contribution is 7.16. The first kappa shape index (κ1) is 12.7. The molecule has 0 amide bonds. The predicted molar refractivity (Wildman–Crippen MR) is 76.4 cm³/mol. The minimum Gasteiger partial charge on any atom is -0.369 e. The normalized spacial score (nSPS) is 15.4. The van der Waals surface area contributed by atoms with Crippen LogP contribution in [0, 0.1) is 0 Å². The fourth-order valence-electron chi connectivity index (χ4n) is 2.29. The number of thiophene rings is 1. The van der Waals surface area contributed by atoms with Crippen LogP contribution in [0.5, 0.6) is 0 Å². The Morgan fingerprint density at radius 3 is 3.11 bits per heavy atom. The molecule has 0 saturated heterocycles. The van der Waals surface area contributed by atoms with E-state index < -0.39 is 0 Å². The smallest absolute Gasteiger partial charge is 0.257 e. The van der Waals surface area contributed by atoms with E-state index in [1.54, 1.807) is 11.3 Å². The summed E-state index contributed by atoms with van der Waals surface area (Å²) in [5.41, 5.74) is 6.97. The highest BCUT2D eigenvalue weighted by atomic mass is 35.5. The fourth-order valence-corrected chi connectivity index (χ4v) is 3.42. The molecule has 0 aliphatic carbocycles. The van der Waals surface area contributed by atoms with Gasteiger partial charge in [-0.2, -0.15) is 0 Å². The third-order valence-electron chi connectivity index (χ3n) is 3.17. The minimum absolute atomic E-state index is 0.128. The molecule has 0 spiro atoms. The summed E-state index contributed by atoms with van der Waals surface area (Å²) in [5, 5.41) is 0. The van der Waals surface area contributed by atoms with Crippen molar-refractivity contribution in [2.45, 2.75) is 19.5 Å². The number of aromatic amines is 1. The van der Waals surface area contributed by atoms with Crippen LogP contribution in [-0.4, -0.2) is 21.4 Å². The van der Waals surface area contributed by atoms with Crippen LogP contribution < -0.4 is 11.3 Å². The molecule has 3 N–H and O–H groups in total. The summed E-state index contributed by atoms with van der Waals surface area (Å²) in [7, 11) is 0. The summed E-state index contributed by atoms with van der Waals surface area (Å²) in [4.78, 5) is 22.0. The van der Waals surface area contributed by atoms with Crippen molar-refractivity contribution in [1.82, 2.24) is 14.9 Å². The van der Waals surface area contributed by atoms with Crippen LogP contribution in [0.1, 0.15) is 16.1 Å². The SMILES string of the molecule is Nc1nc2c(c(=O)[nH]1)CN(Cc1ccc(Cl)s1)CC2. The Balaban J connectivity index is 1.80. The van der Waals surface area contributed by atoms with Gasteiger partial charge in [-0.3, -0.25) is 14.7 Å². The second kappa shape index (κ2) is 4.96. The Kier molecular flexibility index (Phi) is 3.30. The van der Waals surface area contributed by atoms with E-state index in [0.29, 0.717) is 6.54 Å². The number of aromatic nitrogens is 2. The van der Waals surface area contributed by atoms with Gasteiger partial charge >= 0.3 is 0 Å². The molecule has 0 unspecified atom stereocenters. The van der Waals surface area contributed by atoms with Gasteiger partial charge in [0.1, 0.15) is 0 Å². The van der Waals surface area contributed by atoms with E-state index in [-0.39, 0.29) is 11.5 Å². The Labute approximate surface area is 119 Å². The molecule has 0 radical (unpaired) electrons. The highest BCUT2D eigenvalue weighted by Gasteiger charge is 2.21. The van der Waals surface area contributed by atoms with Gasteiger partial charge in [-0.05, 0) is 12.1 Å². The number of nitrogen functional groups attached to an aromatic ring is 1. The average molecular weight is 297 g/mol. The Hall–Kier alpha value is -1.37. The highest BCUT2D eigenvalue weighted by Crippen LogP contribution is 2.24. The average Bonchev–Trinajstić information content (AvgIpc) is 2.75. The maximum atomic E-state index is 11.9. The molecule has 1 aliphatic heterocycles. The van der Waals surface area contributed by atoms with Crippen LogP contribution >= 0.6 is 22.9 Å². The molecular formula is C12H13ClN4OS. The van der Waals surface area contributed by atoms with Gasteiger partial charge in [0.25, 0.3) is 5.56 Å². The number of hydrogen-bond acceptors (Lipinski definition) is 5. The Morgan fingerprint density at radius 1 is 1.53 bits per heavy atom. The van der Waals surface area contributed by atoms with Crippen molar-refractivity contribution in [3.63, 3.8) is 0 Å². The quantitative estimate of drug-likeness (QED) is 0.883. The van der Waals surface area contributed by atoms with Gasteiger partial charge in [0, 0.05) is 30.9 Å². The first-order chi connectivity index (χ1) is 9.11. The number of rotatable bonds is 2. The summed E-state index contributed by atoms with van der Waals surface area (Å²) < 4.78 is 0.791. The van der Waals surface area contributed by atoms with Crippen molar-refractivity contribution in [1.29, 1.82) is 0 Å². The molecule has 0 bridgehead atoms. The second-order valence-electron chi connectivity index (χ2n) is 4.54. The molecule has 5 nitrogen and oxygen atoms in total. The lowest BCUT2D eigenvalue weighted by molar-refractivity contribution is 0.244. The standard InChI is InChI=1S/C12H13ClN4OS/c13-10-2-1-7(19-10)5-17-4-3-9-8(6-17)11(18)16-12(14)15-9/h1-2H,3-6H2,(H3,14,15,16,18). The van der Waals surface area contributed by atoms with Crippen molar-refractivity contribution in [3.8, 4) is 0 Å². The van der Waals surface area contributed by atoms with Gasteiger partial charge in [0.05, 0.1) is 15.6 Å². The van der Waals surface area contributed by atoms with E-state index in [4.69, 9.17) is 17.3 Å². The van der Waals surface area contributed by atoms with Crippen molar-refractivity contribution in [2.75, 3.05) is 12.3 Å². The lowest BCUT2D eigenvalue weighted by Crippen LogP contribution is -2.35. The van der Waals surface area contributed by atoms with Gasteiger partial charge in [0.2, 0.25) is 5.95 Å². The van der Waals surface area contributed by atoms with E-state index in [9.17, 15) is 4.79 Å². The van der Waals surface area contributed by atoms with Gasteiger partial charge in [0.15, 0.2) is 0 Å². The minimum atomic E-state index is -0.128. The fraction of sp³-hybridized carbons (Fsp3) is 0.333. The van der Waals surface area contributed by atoms with Gasteiger partial charge in [-0.15, -0.1) is 11.3 Å². The maximum absolute atomic E-state index is 11.9. The topological polar surface area (TPSA) is 75.0 Å². The monoisotopic (exact) mass is 296 g/mol. The molecule has 0 fully saturated rings. The van der Waals surface area contributed by atoms with Crippen molar-refractivity contribution in [2.24, 2.45) is 0 Å². The Morgan fingerprint density at radius 2 is 2.37 bits per heavy atom. The lowest BCUT2D eigenvalue weighted by Gasteiger charge is -2.26. The molecular weight excluding hydrogens is 284 g/mol. The summed E-state index contributed by atoms with van der Waals surface area (Å²) >= 11 is 7.49. The first-order valence-electron chi connectivity index (χ1n) is 5.96. The van der Waals surface area contributed by atoms with E-state index in [0.717, 1.165) is 35.1 Å². The number of anilines is 1. The van der Waals surface area contributed by atoms with E-state index in [1.807, 2.05) is 12.1 Å². The molecule has 0 aromatic carbocycles. The Bertz CT molecular complexity index is 666. The molecule has 3 rings (SSSR count). The van der Waals surface area contributed by atoms with Crippen molar-refractivity contribution < 1.29 is 0 Å². The third kappa shape index (κ3) is 2.65. The number of nitrogens with one attached hydrogen (secondary N) is 1. The zero-order valence-corrected chi connectivity index (χ0v) is 11.7. The molecule has 3 heterocycles. The number of nitrogens with zero attached hydrogens (tertiary/aromatic N) is 2. The molecule has 1 aliphatic rings. The van der Waals surface area contributed by atoms with Crippen LogP contribution in [0.15, 0.2) is 16.9 Å². The van der Waals surface area contributed by atoms with Crippen LogP contribution in [-0.2, 0) is 19.5 Å². The summed E-state index contributed by atoms with van der Waals surface area (Å²) in [6.07, 6.45) is 0.753. The summed E-state index contributed by atoms with van der Waals surface area (Å²) in [5.74, 6) is 0.197. The van der Waals surface area contributed by atoms with Gasteiger partial charge in [-0.1, -0.05) is 11.6 Å². The molecule has 7 heteroatoms. The van der Waals surface area contributed by atoms with Crippen LogP contribution in [0.2, 0.25) is 4.34 Å². The number of halogens is 1. The molecule has 2 aromatic rings. The zero-order chi connectivity index (χ0) is 13.4. The zero-order valence-electron chi connectivity index (χ0n) is 10.1. The van der Waals surface area contributed by atoms with E-state index in [1.165, 1.54) is 4.88 Å². The number of nitrogens with two attached hydrogens (primary N) is 1. The molecule has 2 aromatic heterocycles. The lowest BCUT2D eigenvalue weighted by atomic mass is 10.1. The van der Waals surface area contributed by atoms with Crippen LogP contribution in [0.25, 0.3) is 0 Å².